The van der Waals surface area contributed by atoms with Crippen LogP contribution in [0.1, 0.15) is 32.1 Å². The van der Waals surface area contributed by atoms with E-state index >= 15 is 0 Å². The van der Waals surface area contributed by atoms with Crippen molar-refractivity contribution in [1.82, 2.24) is 15.0 Å². The predicted molar refractivity (Wildman–Crippen MR) is 62.0 cm³/mol. The molecule has 0 aromatic carbocycles. The van der Waals surface area contributed by atoms with E-state index in [4.69, 9.17) is 0 Å². The van der Waals surface area contributed by atoms with Gasteiger partial charge in [-0.25, -0.2) is 0 Å². The molecule has 1 fully saturated rings. The lowest BCUT2D eigenvalue weighted by Crippen LogP contribution is -2.15. The van der Waals surface area contributed by atoms with Crippen LogP contribution in [-0.4, -0.2) is 15.0 Å². The summed E-state index contributed by atoms with van der Waals surface area (Å²) in [5.74, 6) is 0.773. The van der Waals surface area contributed by atoms with Gasteiger partial charge in [-0.2, -0.15) is 4.80 Å². The molecule has 0 aliphatic heterocycles. The minimum Gasteiger partial charge on any atom is -0.182 e. The standard InChI is InChI=1S/C9H13Br2N3/c10-8-9(11)13-14(12-8)6-7-4-2-1-3-5-7/h7H,1-6H2. The van der Waals surface area contributed by atoms with Gasteiger partial charge in [-0.1, -0.05) is 19.3 Å². The van der Waals surface area contributed by atoms with Gasteiger partial charge in [-0.05, 0) is 50.6 Å². The van der Waals surface area contributed by atoms with Gasteiger partial charge in [0.1, 0.15) is 0 Å². The lowest BCUT2D eigenvalue weighted by atomic mass is 9.89. The van der Waals surface area contributed by atoms with Gasteiger partial charge in [-0.3, -0.25) is 0 Å². The van der Waals surface area contributed by atoms with Crippen LogP contribution < -0.4 is 0 Å². The van der Waals surface area contributed by atoms with E-state index in [9.17, 15) is 0 Å². The molecule has 0 bridgehead atoms. The summed E-state index contributed by atoms with van der Waals surface area (Å²) in [6.07, 6.45) is 6.80. The second-order valence-electron chi connectivity index (χ2n) is 3.84. The normalized spacial score (nSPS) is 18.7. The van der Waals surface area contributed by atoms with E-state index in [1.807, 2.05) is 0 Å². The highest BCUT2D eigenvalue weighted by Gasteiger charge is 2.15. The van der Waals surface area contributed by atoms with Gasteiger partial charge in [0.05, 0.1) is 6.54 Å². The second kappa shape index (κ2) is 4.75. The number of aromatic nitrogens is 3. The molecule has 0 radical (unpaired) electrons. The topological polar surface area (TPSA) is 30.7 Å². The average molecular weight is 323 g/mol. The van der Waals surface area contributed by atoms with E-state index < -0.39 is 0 Å². The van der Waals surface area contributed by atoms with Crippen molar-refractivity contribution in [3.63, 3.8) is 0 Å². The molecule has 0 atom stereocenters. The fraction of sp³-hybridized carbons (Fsp3) is 0.778. The Hall–Kier alpha value is 0.1000. The predicted octanol–water partition coefficient (Wildman–Crippen LogP) is 3.38. The van der Waals surface area contributed by atoms with Gasteiger partial charge in [0.15, 0.2) is 9.21 Å². The maximum Gasteiger partial charge on any atom is 0.162 e. The van der Waals surface area contributed by atoms with Crippen molar-refractivity contribution in [2.75, 3.05) is 0 Å². The van der Waals surface area contributed by atoms with Crippen LogP contribution in [0.4, 0.5) is 0 Å². The van der Waals surface area contributed by atoms with E-state index in [0.717, 1.165) is 21.7 Å². The third-order valence-electron chi connectivity index (χ3n) is 2.72. The van der Waals surface area contributed by atoms with Crippen LogP contribution >= 0.6 is 31.9 Å². The molecule has 0 N–H and O–H groups in total. The number of halogens is 2. The van der Waals surface area contributed by atoms with Crippen molar-refractivity contribution in [2.24, 2.45) is 5.92 Å². The molecule has 0 spiro atoms. The lowest BCUT2D eigenvalue weighted by Gasteiger charge is -2.20. The smallest absolute Gasteiger partial charge is 0.162 e. The molecule has 1 saturated carbocycles. The van der Waals surface area contributed by atoms with Gasteiger partial charge in [-0.15, -0.1) is 10.2 Å². The molecule has 5 heteroatoms. The third kappa shape index (κ3) is 2.57. The summed E-state index contributed by atoms with van der Waals surface area (Å²) >= 11 is 6.68. The summed E-state index contributed by atoms with van der Waals surface area (Å²) in [6, 6.07) is 0. The maximum absolute atomic E-state index is 4.28. The zero-order valence-corrected chi connectivity index (χ0v) is 11.1. The van der Waals surface area contributed by atoms with E-state index in [-0.39, 0.29) is 0 Å². The van der Waals surface area contributed by atoms with Gasteiger partial charge < -0.3 is 0 Å². The zero-order chi connectivity index (χ0) is 9.97. The van der Waals surface area contributed by atoms with E-state index in [2.05, 4.69) is 42.1 Å². The Kier molecular flexibility index (Phi) is 3.60. The van der Waals surface area contributed by atoms with Gasteiger partial charge in [0, 0.05) is 0 Å². The molecule has 14 heavy (non-hydrogen) atoms. The highest BCUT2D eigenvalue weighted by Crippen LogP contribution is 2.25. The van der Waals surface area contributed by atoms with Crippen LogP contribution in [0.3, 0.4) is 0 Å². The van der Waals surface area contributed by atoms with Gasteiger partial charge in [0.25, 0.3) is 0 Å². The molecular weight excluding hydrogens is 310 g/mol. The molecule has 0 amide bonds. The van der Waals surface area contributed by atoms with Crippen LogP contribution in [-0.2, 0) is 6.54 Å². The first kappa shape index (κ1) is 10.6. The molecular formula is C9H13Br2N3. The van der Waals surface area contributed by atoms with E-state index in [1.165, 1.54) is 32.1 Å². The van der Waals surface area contributed by atoms with Crippen LogP contribution in [0.2, 0.25) is 0 Å². The lowest BCUT2D eigenvalue weighted by molar-refractivity contribution is 0.293. The Balaban J connectivity index is 1.95. The molecule has 1 aliphatic carbocycles. The molecule has 1 aliphatic rings. The van der Waals surface area contributed by atoms with Gasteiger partial charge >= 0.3 is 0 Å². The Morgan fingerprint density at radius 2 is 1.64 bits per heavy atom. The van der Waals surface area contributed by atoms with E-state index in [1.54, 1.807) is 4.80 Å². The van der Waals surface area contributed by atoms with Crippen molar-refractivity contribution in [3.8, 4) is 0 Å². The van der Waals surface area contributed by atoms with E-state index in [0.29, 0.717) is 0 Å². The van der Waals surface area contributed by atoms with Crippen molar-refractivity contribution >= 4 is 31.9 Å². The molecule has 1 aromatic rings. The summed E-state index contributed by atoms with van der Waals surface area (Å²) in [4.78, 5) is 1.80. The third-order valence-corrected chi connectivity index (χ3v) is 4.32. The van der Waals surface area contributed by atoms with Crippen molar-refractivity contribution in [3.05, 3.63) is 9.21 Å². The quantitative estimate of drug-likeness (QED) is 0.835. The molecule has 0 unspecified atom stereocenters. The Morgan fingerprint density at radius 3 is 2.21 bits per heavy atom. The first-order valence-electron chi connectivity index (χ1n) is 5.02. The largest absolute Gasteiger partial charge is 0.182 e. The zero-order valence-electron chi connectivity index (χ0n) is 7.92. The first-order valence-corrected chi connectivity index (χ1v) is 6.60. The fourth-order valence-electron chi connectivity index (χ4n) is 1.99. The van der Waals surface area contributed by atoms with Crippen molar-refractivity contribution < 1.29 is 0 Å². The summed E-state index contributed by atoms with van der Waals surface area (Å²) in [6.45, 7) is 0.962. The molecule has 1 aromatic heterocycles. The minimum absolute atomic E-state index is 0.773. The van der Waals surface area contributed by atoms with Crippen LogP contribution in [0.15, 0.2) is 9.21 Å². The Labute approximate surface area is 101 Å². The first-order chi connectivity index (χ1) is 6.75. The molecule has 3 nitrogen and oxygen atoms in total. The SMILES string of the molecule is Brc1nn(CC2CCCCC2)nc1Br. The summed E-state index contributed by atoms with van der Waals surface area (Å²) in [5.41, 5.74) is 0. The minimum atomic E-state index is 0.773. The number of rotatable bonds is 2. The number of nitrogens with zero attached hydrogens (tertiary/aromatic N) is 3. The second-order valence-corrected chi connectivity index (χ2v) is 5.34. The monoisotopic (exact) mass is 321 g/mol. The average Bonchev–Trinajstić information content (AvgIpc) is 2.47. The van der Waals surface area contributed by atoms with Crippen LogP contribution in [0.25, 0.3) is 0 Å². The molecule has 0 saturated heterocycles. The molecule has 1 heterocycles. The van der Waals surface area contributed by atoms with Crippen molar-refractivity contribution in [2.45, 2.75) is 38.6 Å². The Morgan fingerprint density at radius 1 is 1.07 bits per heavy atom. The summed E-state index contributed by atoms with van der Waals surface area (Å²) in [5, 5.41) is 8.56. The fourth-order valence-corrected chi connectivity index (χ4v) is 2.51. The van der Waals surface area contributed by atoms with Crippen LogP contribution in [0, 0.1) is 5.92 Å². The van der Waals surface area contributed by atoms with Gasteiger partial charge in [0.2, 0.25) is 0 Å². The highest BCUT2D eigenvalue weighted by molar-refractivity contribution is 9.13. The Bertz CT molecular complexity index is 286. The maximum atomic E-state index is 4.28. The molecule has 2 rings (SSSR count). The van der Waals surface area contributed by atoms with Crippen molar-refractivity contribution in [1.29, 1.82) is 0 Å². The van der Waals surface area contributed by atoms with Crippen LogP contribution in [0.5, 0.6) is 0 Å². The highest BCUT2D eigenvalue weighted by atomic mass is 79.9. The number of hydrogen-bond acceptors (Lipinski definition) is 2. The molecule has 78 valence electrons. The number of hydrogen-bond donors (Lipinski definition) is 0. The summed E-state index contributed by atoms with van der Waals surface area (Å²) in [7, 11) is 0. The summed E-state index contributed by atoms with van der Waals surface area (Å²) < 4.78 is 1.60.